The van der Waals surface area contributed by atoms with E-state index in [4.69, 9.17) is 4.74 Å². The van der Waals surface area contributed by atoms with Crippen molar-refractivity contribution < 1.29 is 4.74 Å². The zero-order valence-corrected chi connectivity index (χ0v) is 12.2. The van der Waals surface area contributed by atoms with E-state index in [2.05, 4.69) is 29.2 Å². The van der Waals surface area contributed by atoms with Gasteiger partial charge in [-0.2, -0.15) is 0 Å². The van der Waals surface area contributed by atoms with E-state index in [-0.39, 0.29) is 0 Å². The summed E-state index contributed by atoms with van der Waals surface area (Å²) in [6, 6.07) is 5.06. The molecular weight excluding hydrogens is 238 g/mol. The van der Waals surface area contributed by atoms with Crippen LogP contribution in [0.15, 0.2) is 18.3 Å². The second-order valence-electron chi connectivity index (χ2n) is 5.35. The second-order valence-corrected chi connectivity index (χ2v) is 5.35. The molecule has 1 aromatic rings. The maximum Gasteiger partial charge on any atom is 0.213 e. The van der Waals surface area contributed by atoms with Gasteiger partial charge in [-0.05, 0) is 58.5 Å². The molecule has 1 saturated heterocycles. The smallest absolute Gasteiger partial charge is 0.213 e. The van der Waals surface area contributed by atoms with E-state index in [0.29, 0.717) is 12.1 Å². The molecule has 0 radical (unpaired) electrons. The largest absolute Gasteiger partial charge is 0.478 e. The van der Waals surface area contributed by atoms with Gasteiger partial charge in [-0.3, -0.25) is 0 Å². The molecule has 19 heavy (non-hydrogen) atoms. The maximum atomic E-state index is 5.79. The fraction of sp³-hybridized carbons (Fsp3) is 0.667. The van der Waals surface area contributed by atoms with Gasteiger partial charge in [-0.1, -0.05) is 0 Å². The van der Waals surface area contributed by atoms with Crippen LogP contribution in [0.3, 0.4) is 0 Å². The zero-order valence-electron chi connectivity index (χ0n) is 12.2. The Labute approximate surface area is 116 Å². The summed E-state index contributed by atoms with van der Waals surface area (Å²) in [5.74, 6) is 0.736. The van der Waals surface area contributed by atoms with Crippen LogP contribution in [0.2, 0.25) is 0 Å². The number of rotatable bonds is 6. The third kappa shape index (κ3) is 3.91. The Morgan fingerprint density at radius 1 is 1.58 bits per heavy atom. The summed E-state index contributed by atoms with van der Waals surface area (Å²) in [5.41, 5.74) is 1.21. The quantitative estimate of drug-likeness (QED) is 0.854. The topological polar surface area (TPSA) is 37.4 Å². The standard InChI is InChI=1S/C15H25N3O/c1-12(16-2)13-6-8-17-15(11-13)19-10-7-14-5-4-9-18(14)3/h6,8,11-12,14,16H,4-5,7,9-10H2,1-3H3. The van der Waals surface area contributed by atoms with Crippen molar-refractivity contribution in [1.29, 1.82) is 0 Å². The lowest BCUT2D eigenvalue weighted by atomic mass is 10.1. The highest BCUT2D eigenvalue weighted by molar-refractivity contribution is 5.23. The molecule has 2 unspecified atom stereocenters. The van der Waals surface area contributed by atoms with Crippen molar-refractivity contribution in [2.75, 3.05) is 27.2 Å². The van der Waals surface area contributed by atoms with Gasteiger partial charge < -0.3 is 15.0 Å². The summed E-state index contributed by atoms with van der Waals surface area (Å²) in [6.45, 7) is 4.10. The molecule has 106 valence electrons. The Balaban J connectivity index is 1.82. The number of hydrogen-bond acceptors (Lipinski definition) is 4. The number of hydrogen-bond donors (Lipinski definition) is 1. The first kappa shape index (κ1) is 14.3. The molecule has 1 aliphatic heterocycles. The van der Waals surface area contributed by atoms with Crippen molar-refractivity contribution in [2.24, 2.45) is 0 Å². The summed E-state index contributed by atoms with van der Waals surface area (Å²) in [5, 5.41) is 3.23. The van der Waals surface area contributed by atoms with Crippen LogP contribution in [0.25, 0.3) is 0 Å². The minimum absolute atomic E-state index is 0.325. The molecule has 0 aromatic carbocycles. The number of ether oxygens (including phenoxy) is 1. The van der Waals surface area contributed by atoms with Gasteiger partial charge >= 0.3 is 0 Å². The number of nitrogens with one attached hydrogen (secondary N) is 1. The Bertz CT molecular complexity index is 397. The highest BCUT2D eigenvalue weighted by Gasteiger charge is 2.20. The molecule has 0 aliphatic carbocycles. The molecule has 2 heterocycles. The van der Waals surface area contributed by atoms with Crippen LogP contribution in [0.4, 0.5) is 0 Å². The molecule has 2 rings (SSSR count). The molecule has 4 heteroatoms. The highest BCUT2D eigenvalue weighted by atomic mass is 16.5. The van der Waals surface area contributed by atoms with Gasteiger partial charge in [0, 0.05) is 24.3 Å². The number of pyridine rings is 1. The van der Waals surface area contributed by atoms with Crippen LogP contribution in [0.5, 0.6) is 5.88 Å². The SMILES string of the molecule is CNC(C)c1ccnc(OCCC2CCCN2C)c1. The van der Waals surface area contributed by atoms with E-state index >= 15 is 0 Å². The summed E-state index contributed by atoms with van der Waals surface area (Å²) in [6.07, 6.45) is 5.52. The van der Waals surface area contributed by atoms with Gasteiger partial charge in [0.25, 0.3) is 0 Å². The summed E-state index contributed by atoms with van der Waals surface area (Å²) >= 11 is 0. The summed E-state index contributed by atoms with van der Waals surface area (Å²) in [7, 11) is 4.16. The predicted octanol–water partition coefficient (Wildman–Crippen LogP) is 2.23. The van der Waals surface area contributed by atoms with E-state index in [1.807, 2.05) is 25.4 Å². The van der Waals surface area contributed by atoms with Crippen LogP contribution in [0.1, 0.15) is 37.8 Å². The molecule has 1 N–H and O–H groups in total. The molecule has 1 fully saturated rings. The zero-order chi connectivity index (χ0) is 13.7. The molecular formula is C15H25N3O. The van der Waals surface area contributed by atoms with Gasteiger partial charge in [-0.15, -0.1) is 0 Å². The molecule has 2 atom stereocenters. The summed E-state index contributed by atoms with van der Waals surface area (Å²) < 4.78 is 5.79. The molecule has 4 nitrogen and oxygen atoms in total. The minimum Gasteiger partial charge on any atom is -0.478 e. The first-order chi connectivity index (χ1) is 9.20. The van der Waals surface area contributed by atoms with E-state index in [1.165, 1.54) is 24.9 Å². The van der Waals surface area contributed by atoms with Crippen molar-refractivity contribution in [3.63, 3.8) is 0 Å². The third-order valence-electron chi connectivity index (χ3n) is 4.06. The van der Waals surface area contributed by atoms with Gasteiger partial charge in [0.15, 0.2) is 0 Å². The van der Waals surface area contributed by atoms with Crippen LogP contribution >= 0.6 is 0 Å². The van der Waals surface area contributed by atoms with Crippen molar-refractivity contribution in [1.82, 2.24) is 15.2 Å². The Hall–Kier alpha value is -1.13. The average Bonchev–Trinajstić information content (AvgIpc) is 2.84. The molecule has 0 saturated carbocycles. The molecule has 0 amide bonds. The van der Waals surface area contributed by atoms with E-state index in [1.54, 1.807) is 0 Å². The monoisotopic (exact) mass is 263 g/mol. The highest BCUT2D eigenvalue weighted by Crippen LogP contribution is 2.19. The predicted molar refractivity (Wildman–Crippen MR) is 77.5 cm³/mol. The third-order valence-corrected chi connectivity index (χ3v) is 4.06. The lowest BCUT2D eigenvalue weighted by Crippen LogP contribution is -2.26. The Kier molecular flexibility index (Phi) is 5.16. The van der Waals surface area contributed by atoms with Crippen LogP contribution in [-0.4, -0.2) is 43.2 Å². The average molecular weight is 263 g/mol. The molecule has 1 aromatic heterocycles. The van der Waals surface area contributed by atoms with Crippen LogP contribution in [0, 0.1) is 0 Å². The number of aromatic nitrogens is 1. The molecule has 0 spiro atoms. The first-order valence-corrected chi connectivity index (χ1v) is 7.17. The van der Waals surface area contributed by atoms with Crippen LogP contribution < -0.4 is 10.1 Å². The van der Waals surface area contributed by atoms with Gasteiger partial charge in [0.05, 0.1) is 6.61 Å². The van der Waals surface area contributed by atoms with E-state index < -0.39 is 0 Å². The number of likely N-dealkylation sites (tertiary alicyclic amines) is 1. The first-order valence-electron chi connectivity index (χ1n) is 7.17. The minimum atomic E-state index is 0.325. The second kappa shape index (κ2) is 6.87. The van der Waals surface area contributed by atoms with Crippen molar-refractivity contribution >= 4 is 0 Å². The Morgan fingerprint density at radius 3 is 3.11 bits per heavy atom. The fourth-order valence-corrected chi connectivity index (χ4v) is 2.58. The molecule has 1 aliphatic rings. The lowest BCUT2D eigenvalue weighted by molar-refractivity contribution is 0.228. The maximum absolute atomic E-state index is 5.79. The van der Waals surface area contributed by atoms with E-state index in [9.17, 15) is 0 Å². The van der Waals surface area contributed by atoms with Gasteiger partial charge in [-0.25, -0.2) is 4.98 Å². The fourth-order valence-electron chi connectivity index (χ4n) is 2.58. The summed E-state index contributed by atoms with van der Waals surface area (Å²) in [4.78, 5) is 6.70. The van der Waals surface area contributed by atoms with Gasteiger partial charge in [0.1, 0.15) is 0 Å². The lowest BCUT2D eigenvalue weighted by Gasteiger charge is -2.19. The van der Waals surface area contributed by atoms with Gasteiger partial charge in [0.2, 0.25) is 5.88 Å². The van der Waals surface area contributed by atoms with Crippen molar-refractivity contribution in [2.45, 2.75) is 38.3 Å². The van der Waals surface area contributed by atoms with Crippen molar-refractivity contribution in [3.8, 4) is 5.88 Å². The normalized spacial score (nSPS) is 21.5. The van der Waals surface area contributed by atoms with Crippen LogP contribution in [-0.2, 0) is 0 Å². The molecule has 0 bridgehead atoms. The van der Waals surface area contributed by atoms with Crippen molar-refractivity contribution in [3.05, 3.63) is 23.9 Å². The Morgan fingerprint density at radius 2 is 2.42 bits per heavy atom. The van der Waals surface area contributed by atoms with E-state index in [0.717, 1.165) is 18.9 Å². The number of nitrogens with zero attached hydrogens (tertiary/aromatic N) is 2.